The summed E-state index contributed by atoms with van der Waals surface area (Å²) in [7, 11) is 0. The molecule has 2 unspecified atom stereocenters. The Labute approximate surface area is 93.1 Å². The van der Waals surface area contributed by atoms with Gasteiger partial charge in [0.2, 0.25) is 0 Å². The van der Waals surface area contributed by atoms with Gasteiger partial charge in [-0.15, -0.1) is 0 Å². The zero-order chi connectivity index (χ0) is 11.3. The first-order valence-corrected chi connectivity index (χ1v) is 5.82. The lowest BCUT2D eigenvalue weighted by molar-refractivity contribution is -0.000433. The van der Waals surface area contributed by atoms with Crippen LogP contribution in [0.1, 0.15) is 39.2 Å². The molecule has 0 aliphatic rings. The van der Waals surface area contributed by atoms with Gasteiger partial charge in [0.15, 0.2) is 0 Å². The van der Waals surface area contributed by atoms with E-state index in [1.165, 1.54) is 5.56 Å². The minimum absolute atomic E-state index is 0.350. The summed E-state index contributed by atoms with van der Waals surface area (Å²) in [5.74, 6) is 0.350. The van der Waals surface area contributed by atoms with E-state index in [9.17, 15) is 5.11 Å². The summed E-state index contributed by atoms with van der Waals surface area (Å²) in [4.78, 5) is 0. The van der Waals surface area contributed by atoms with E-state index in [0.29, 0.717) is 5.92 Å². The third-order valence-corrected chi connectivity index (χ3v) is 3.49. The number of hydrogen-bond donors (Lipinski definition) is 1. The van der Waals surface area contributed by atoms with Crippen LogP contribution in [0.2, 0.25) is 0 Å². The third-order valence-electron chi connectivity index (χ3n) is 3.49. The number of aliphatic hydroxyl groups is 1. The highest BCUT2D eigenvalue weighted by Gasteiger charge is 2.25. The fraction of sp³-hybridized carbons (Fsp3) is 0.571. The van der Waals surface area contributed by atoms with Crippen molar-refractivity contribution >= 4 is 0 Å². The van der Waals surface area contributed by atoms with Gasteiger partial charge in [0.25, 0.3) is 0 Å². The van der Waals surface area contributed by atoms with Crippen LogP contribution in [-0.2, 0) is 6.42 Å². The van der Waals surface area contributed by atoms with Crippen LogP contribution in [0.5, 0.6) is 0 Å². The zero-order valence-corrected chi connectivity index (χ0v) is 10.0. The summed E-state index contributed by atoms with van der Waals surface area (Å²) in [5.41, 5.74) is 0.839. The van der Waals surface area contributed by atoms with Crippen molar-refractivity contribution in [1.82, 2.24) is 0 Å². The van der Waals surface area contributed by atoms with Gasteiger partial charge in [-0.25, -0.2) is 0 Å². The topological polar surface area (TPSA) is 20.2 Å². The summed E-state index contributed by atoms with van der Waals surface area (Å²) in [6, 6.07) is 10.5. The van der Waals surface area contributed by atoms with E-state index in [2.05, 4.69) is 31.2 Å². The summed E-state index contributed by atoms with van der Waals surface area (Å²) in [6.07, 6.45) is 2.92. The lowest BCUT2D eigenvalue weighted by Gasteiger charge is -2.29. The average Bonchev–Trinajstić information content (AvgIpc) is 2.27. The smallest absolute Gasteiger partial charge is 0.0642 e. The Morgan fingerprint density at radius 2 is 1.87 bits per heavy atom. The highest BCUT2D eigenvalue weighted by Crippen LogP contribution is 2.24. The molecule has 1 nitrogen and oxygen atoms in total. The molecule has 1 N–H and O–H groups in total. The van der Waals surface area contributed by atoms with Crippen LogP contribution >= 0.6 is 0 Å². The first-order valence-electron chi connectivity index (χ1n) is 5.82. The molecule has 0 saturated carbocycles. The zero-order valence-electron chi connectivity index (χ0n) is 10.0. The van der Waals surface area contributed by atoms with E-state index in [1.807, 2.05) is 19.9 Å². The SMILES string of the molecule is CCC(C)(O)C(C)CCc1ccccc1. The molecule has 0 amide bonds. The van der Waals surface area contributed by atoms with Crippen molar-refractivity contribution in [2.45, 2.75) is 45.6 Å². The monoisotopic (exact) mass is 206 g/mol. The Bertz CT molecular complexity index is 277. The van der Waals surface area contributed by atoms with Gasteiger partial charge in [0.1, 0.15) is 0 Å². The van der Waals surface area contributed by atoms with Crippen LogP contribution in [0.3, 0.4) is 0 Å². The number of benzene rings is 1. The fourth-order valence-electron chi connectivity index (χ4n) is 1.69. The van der Waals surface area contributed by atoms with Crippen LogP contribution in [0.15, 0.2) is 30.3 Å². The third kappa shape index (κ3) is 3.67. The minimum atomic E-state index is -0.519. The van der Waals surface area contributed by atoms with E-state index < -0.39 is 5.60 Å². The summed E-state index contributed by atoms with van der Waals surface area (Å²) < 4.78 is 0. The number of aryl methyl sites for hydroxylation is 1. The van der Waals surface area contributed by atoms with Gasteiger partial charge in [0.05, 0.1) is 5.60 Å². The maximum atomic E-state index is 10.1. The van der Waals surface area contributed by atoms with E-state index in [-0.39, 0.29) is 0 Å². The normalized spacial score (nSPS) is 17.1. The highest BCUT2D eigenvalue weighted by atomic mass is 16.3. The average molecular weight is 206 g/mol. The van der Waals surface area contributed by atoms with E-state index >= 15 is 0 Å². The van der Waals surface area contributed by atoms with Gasteiger partial charge < -0.3 is 5.11 Å². The Kier molecular flexibility index (Phi) is 4.34. The van der Waals surface area contributed by atoms with E-state index in [1.54, 1.807) is 0 Å². The molecule has 1 aromatic carbocycles. The molecule has 0 aliphatic carbocycles. The Morgan fingerprint density at radius 3 is 2.40 bits per heavy atom. The van der Waals surface area contributed by atoms with Crippen LogP contribution in [-0.4, -0.2) is 10.7 Å². The molecule has 0 aromatic heterocycles. The second-order valence-electron chi connectivity index (χ2n) is 4.64. The van der Waals surface area contributed by atoms with Gasteiger partial charge in [-0.05, 0) is 37.7 Å². The van der Waals surface area contributed by atoms with Crippen LogP contribution < -0.4 is 0 Å². The largest absolute Gasteiger partial charge is 0.390 e. The van der Waals surface area contributed by atoms with Crippen molar-refractivity contribution in [2.75, 3.05) is 0 Å². The molecule has 1 rings (SSSR count). The summed E-state index contributed by atoms with van der Waals surface area (Å²) >= 11 is 0. The van der Waals surface area contributed by atoms with Crippen molar-refractivity contribution < 1.29 is 5.11 Å². The Morgan fingerprint density at radius 1 is 1.27 bits per heavy atom. The maximum absolute atomic E-state index is 10.1. The van der Waals surface area contributed by atoms with E-state index in [4.69, 9.17) is 0 Å². The van der Waals surface area contributed by atoms with Gasteiger partial charge >= 0.3 is 0 Å². The fourth-order valence-corrected chi connectivity index (χ4v) is 1.69. The predicted molar refractivity (Wildman–Crippen MR) is 64.8 cm³/mol. The summed E-state index contributed by atoms with van der Waals surface area (Å²) in [6.45, 7) is 6.11. The highest BCUT2D eigenvalue weighted by molar-refractivity contribution is 5.14. The van der Waals surface area contributed by atoms with Crippen molar-refractivity contribution in [3.63, 3.8) is 0 Å². The number of rotatable bonds is 5. The molecule has 0 radical (unpaired) electrons. The first kappa shape index (κ1) is 12.3. The van der Waals surface area contributed by atoms with Crippen molar-refractivity contribution in [1.29, 1.82) is 0 Å². The molecule has 0 bridgehead atoms. The lowest BCUT2D eigenvalue weighted by atomic mass is 9.84. The molecular weight excluding hydrogens is 184 g/mol. The van der Waals surface area contributed by atoms with E-state index in [0.717, 1.165) is 19.3 Å². The minimum Gasteiger partial charge on any atom is -0.390 e. The molecule has 1 aromatic rings. The Hall–Kier alpha value is -0.820. The molecule has 84 valence electrons. The second-order valence-corrected chi connectivity index (χ2v) is 4.64. The molecule has 1 heteroatoms. The van der Waals surface area contributed by atoms with Crippen LogP contribution in [0.25, 0.3) is 0 Å². The number of hydrogen-bond acceptors (Lipinski definition) is 1. The summed E-state index contributed by atoms with van der Waals surface area (Å²) in [5, 5.41) is 10.1. The molecule has 15 heavy (non-hydrogen) atoms. The van der Waals surface area contributed by atoms with Gasteiger partial charge in [-0.1, -0.05) is 44.2 Å². The maximum Gasteiger partial charge on any atom is 0.0642 e. The molecule has 2 atom stereocenters. The standard InChI is InChI=1S/C14H22O/c1-4-14(3,15)12(2)10-11-13-8-6-5-7-9-13/h5-9,12,15H,4,10-11H2,1-3H3. The molecule has 0 spiro atoms. The lowest BCUT2D eigenvalue weighted by Crippen LogP contribution is -2.32. The first-order chi connectivity index (χ1) is 7.06. The van der Waals surface area contributed by atoms with Crippen molar-refractivity contribution in [2.24, 2.45) is 5.92 Å². The van der Waals surface area contributed by atoms with Gasteiger partial charge in [-0.2, -0.15) is 0 Å². The van der Waals surface area contributed by atoms with Crippen molar-refractivity contribution in [3.8, 4) is 0 Å². The second kappa shape index (κ2) is 5.32. The predicted octanol–water partition coefficient (Wildman–Crippen LogP) is 3.42. The molecule has 0 aliphatic heterocycles. The Balaban J connectivity index is 2.44. The van der Waals surface area contributed by atoms with Crippen LogP contribution in [0.4, 0.5) is 0 Å². The molecule has 0 fully saturated rings. The van der Waals surface area contributed by atoms with Gasteiger partial charge in [0, 0.05) is 0 Å². The molecular formula is C14H22O. The quantitative estimate of drug-likeness (QED) is 0.782. The van der Waals surface area contributed by atoms with Crippen molar-refractivity contribution in [3.05, 3.63) is 35.9 Å². The molecule has 0 heterocycles. The molecule has 0 saturated heterocycles. The van der Waals surface area contributed by atoms with Gasteiger partial charge in [-0.3, -0.25) is 0 Å². The van der Waals surface area contributed by atoms with Crippen LogP contribution in [0, 0.1) is 5.92 Å².